The fraction of sp³-hybridized carbons (Fsp3) is 0.385. The van der Waals surface area contributed by atoms with Crippen molar-refractivity contribution in [3.05, 3.63) is 33.8 Å². The van der Waals surface area contributed by atoms with Crippen LogP contribution in [0, 0.1) is 0 Å². The molecule has 0 unspecified atom stereocenters. The summed E-state index contributed by atoms with van der Waals surface area (Å²) >= 11 is 2.95. The molecule has 21 heavy (non-hydrogen) atoms. The van der Waals surface area contributed by atoms with Crippen LogP contribution in [-0.4, -0.2) is 18.4 Å². The highest BCUT2D eigenvalue weighted by Gasteiger charge is 2.35. The normalized spacial score (nSPS) is 11.2. The number of nitrogens with one attached hydrogen (secondary N) is 1. The molecule has 4 nitrogen and oxygen atoms in total. The summed E-state index contributed by atoms with van der Waals surface area (Å²) in [6.45, 7) is 0.180. The predicted molar refractivity (Wildman–Crippen MR) is 74.5 cm³/mol. The Bertz CT molecular complexity index is 533. The van der Waals surface area contributed by atoms with E-state index in [0.29, 0.717) is 12.8 Å². The summed E-state index contributed by atoms with van der Waals surface area (Å²) in [5.74, 6) is -1.25. The molecule has 8 heteroatoms. The molecule has 0 aliphatic heterocycles. The van der Waals surface area contributed by atoms with Crippen LogP contribution in [0.5, 0.6) is 0 Å². The zero-order chi connectivity index (χ0) is 16.0. The maximum absolute atomic E-state index is 12.9. The molecule has 0 radical (unpaired) electrons. The number of primary amides is 1. The summed E-state index contributed by atoms with van der Waals surface area (Å²) in [7, 11) is 0. The van der Waals surface area contributed by atoms with E-state index in [1.807, 2.05) is 0 Å². The van der Waals surface area contributed by atoms with E-state index in [2.05, 4.69) is 21.2 Å². The highest BCUT2D eigenvalue weighted by molar-refractivity contribution is 9.10. The van der Waals surface area contributed by atoms with Crippen LogP contribution < -0.4 is 11.1 Å². The van der Waals surface area contributed by atoms with Crippen molar-refractivity contribution in [2.45, 2.75) is 25.4 Å². The van der Waals surface area contributed by atoms with E-state index in [9.17, 15) is 22.8 Å². The minimum absolute atomic E-state index is 0.180. The van der Waals surface area contributed by atoms with E-state index in [1.165, 1.54) is 6.07 Å². The van der Waals surface area contributed by atoms with Crippen LogP contribution >= 0.6 is 15.9 Å². The Balaban J connectivity index is 2.68. The van der Waals surface area contributed by atoms with Crippen LogP contribution in [0.25, 0.3) is 0 Å². The molecule has 0 heterocycles. The molecular formula is C13H14BrF3N2O2. The van der Waals surface area contributed by atoms with Gasteiger partial charge in [0.2, 0.25) is 5.91 Å². The number of amides is 2. The summed E-state index contributed by atoms with van der Waals surface area (Å²) in [6, 6.07) is 3.35. The van der Waals surface area contributed by atoms with E-state index in [4.69, 9.17) is 5.73 Å². The number of unbranched alkanes of at least 4 members (excludes halogenated alkanes) is 1. The predicted octanol–water partition coefficient (Wildman–Crippen LogP) is 2.85. The van der Waals surface area contributed by atoms with Gasteiger partial charge in [0, 0.05) is 17.4 Å². The molecule has 0 saturated carbocycles. The molecule has 0 spiro atoms. The number of hydrogen-bond acceptors (Lipinski definition) is 2. The molecular weight excluding hydrogens is 353 g/mol. The average Bonchev–Trinajstić information content (AvgIpc) is 2.36. The van der Waals surface area contributed by atoms with Gasteiger partial charge in [-0.2, -0.15) is 13.2 Å². The Morgan fingerprint density at radius 1 is 1.24 bits per heavy atom. The smallest absolute Gasteiger partial charge is 0.370 e. The number of nitrogens with two attached hydrogens (primary N) is 1. The van der Waals surface area contributed by atoms with Gasteiger partial charge in [-0.3, -0.25) is 9.59 Å². The lowest BCUT2D eigenvalue weighted by atomic mass is 10.1. The van der Waals surface area contributed by atoms with Crippen molar-refractivity contribution >= 4 is 27.7 Å². The van der Waals surface area contributed by atoms with Crippen LogP contribution in [0.2, 0.25) is 0 Å². The molecule has 3 N–H and O–H groups in total. The minimum atomic E-state index is -4.61. The first-order valence-electron chi connectivity index (χ1n) is 6.15. The SMILES string of the molecule is NC(=O)CCCCNC(=O)c1ccc(Br)cc1C(F)(F)F. The number of alkyl halides is 3. The van der Waals surface area contributed by atoms with Crippen molar-refractivity contribution in [1.29, 1.82) is 0 Å². The lowest BCUT2D eigenvalue weighted by molar-refractivity contribution is -0.138. The number of carbonyl (C=O) groups excluding carboxylic acids is 2. The maximum Gasteiger partial charge on any atom is 0.417 e. The molecule has 0 aliphatic rings. The second-order valence-electron chi connectivity index (χ2n) is 4.37. The van der Waals surface area contributed by atoms with Crippen molar-refractivity contribution < 1.29 is 22.8 Å². The monoisotopic (exact) mass is 366 g/mol. The molecule has 0 bridgehead atoms. The number of carbonyl (C=O) groups is 2. The van der Waals surface area contributed by atoms with Crippen LogP contribution in [0.1, 0.15) is 35.2 Å². The fourth-order valence-electron chi connectivity index (χ4n) is 1.67. The summed E-state index contributed by atoms with van der Waals surface area (Å²) < 4.78 is 38.8. The summed E-state index contributed by atoms with van der Waals surface area (Å²) in [6.07, 6.45) is -3.49. The van der Waals surface area contributed by atoms with Gasteiger partial charge in [0.1, 0.15) is 0 Å². The lowest BCUT2D eigenvalue weighted by Crippen LogP contribution is -2.27. The topological polar surface area (TPSA) is 72.2 Å². The largest absolute Gasteiger partial charge is 0.417 e. The van der Waals surface area contributed by atoms with Crippen molar-refractivity contribution in [2.75, 3.05) is 6.54 Å². The summed E-state index contributed by atoms with van der Waals surface area (Å²) in [5, 5.41) is 2.40. The second-order valence-corrected chi connectivity index (χ2v) is 5.28. The first-order valence-corrected chi connectivity index (χ1v) is 6.94. The zero-order valence-corrected chi connectivity index (χ0v) is 12.6. The third-order valence-corrected chi connectivity index (χ3v) is 3.16. The number of rotatable bonds is 6. The highest BCUT2D eigenvalue weighted by atomic mass is 79.9. The molecule has 0 atom stereocenters. The summed E-state index contributed by atoms with van der Waals surface area (Å²) in [4.78, 5) is 22.3. The number of benzene rings is 1. The van der Waals surface area contributed by atoms with Crippen molar-refractivity contribution in [2.24, 2.45) is 5.73 Å². The zero-order valence-electron chi connectivity index (χ0n) is 11.0. The molecule has 0 saturated heterocycles. The Morgan fingerprint density at radius 2 is 1.90 bits per heavy atom. The lowest BCUT2D eigenvalue weighted by Gasteiger charge is -2.13. The number of halogens is 4. The maximum atomic E-state index is 12.9. The average molecular weight is 367 g/mol. The van der Waals surface area contributed by atoms with E-state index in [-0.39, 0.29) is 17.4 Å². The summed E-state index contributed by atoms with van der Waals surface area (Å²) in [5.41, 5.74) is 3.53. The van der Waals surface area contributed by atoms with E-state index in [0.717, 1.165) is 12.1 Å². The van der Waals surface area contributed by atoms with Crippen molar-refractivity contribution in [3.8, 4) is 0 Å². The number of hydrogen-bond donors (Lipinski definition) is 2. The molecule has 2 amide bonds. The van der Waals surface area contributed by atoms with Crippen LogP contribution in [0.3, 0.4) is 0 Å². The van der Waals surface area contributed by atoms with Gasteiger partial charge < -0.3 is 11.1 Å². The Labute approximate surface area is 128 Å². The third kappa shape index (κ3) is 5.74. The van der Waals surface area contributed by atoms with Gasteiger partial charge in [0.05, 0.1) is 11.1 Å². The Morgan fingerprint density at radius 3 is 2.48 bits per heavy atom. The van der Waals surface area contributed by atoms with Gasteiger partial charge in [-0.15, -0.1) is 0 Å². The quantitative estimate of drug-likeness (QED) is 0.759. The van der Waals surface area contributed by atoms with Crippen molar-refractivity contribution in [1.82, 2.24) is 5.32 Å². The molecule has 116 valence electrons. The molecule has 0 fully saturated rings. The van der Waals surface area contributed by atoms with Gasteiger partial charge in [-0.1, -0.05) is 15.9 Å². The van der Waals surface area contributed by atoms with Crippen molar-refractivity contribution in [3.63, 3.8) is 0 Å². The van der Waals surface area contributed by atoms with E-state index >= 15 is 0 Å². The molecule has 1 aromatic rings. The van der Waals surface area contributed by atoms with Crippen LogP contribution in [0.4, 0.5) is 13.2 Å². The molecule has 0 aliphatic carbocycles. The first kappa shape index (κ1) is 17.5. The first-order chi connectivity index (χ1) is 9.71. The standard InChI is InChI=1S/C13H14BrF3N2O2/c14-8-4-5-9(10(7-8)13(15,16)17)12(21)19-6-2-1-3-11(18)20/h4-5,7H,1-3,6H2,(H2,18,20)(H,19,21). The van der Waals surface area contributed by atoms with Crippen LogP contribution in [0.15, 0.2) is 22.7 Å². The minimum Gasteiger partial charge on any atom is -0.370 e. The van der Waals surface area contributed by atoms with Gasteiger partial charge in [0.25, 0.3) is 5.91 Å². The van der Waals surface area contributed by atoms with E-state index < -0.39 is 29.1 Å². The molecule has 1 rings (SSSR count). The van der Waals surface area contributed by atoms with Gasteiger partial charge in [-0.25, -0.2) is 0 Å². The second kappa shape index (κ2) is 7.44. The van der Waals surface area contributed by atoms with Gasteiger partial charge in [-0.05, 0) is 31.0 Å². The van der Waals surface area contributed by atoms with E-state index in [1.54, 1.807) is 0 Å². The van der Waals surface area contributed by atoms with Gasteiger partial charge in [0.15, 0.2) is 0 Å². The molecule has 0 aromatic heterocycles. The highest BCUT2D eigenvalue weighted by Crippen LogP contribution is 2.33. The fourth-order valence-corrected chi connectivity index (χ4v) is 2.03. The Kier molecular flexibility index (Phi) is 6.19. The third-order valence-electron chi connectivity index (χ3n) is 2.67. The molecule has 1 aromatic carbocycles. The van der Waals surface area contributed by atoms with Gasteiger partial charge >= 0.3 is 6.18 Å². The Hall–Kier alpha value is -1.57. The van der Waals surface area contributed by atoms with Crippen LogP contribution in [-0.2, 0) is 11.0 Å².